The van der Waals surface area contributed by atoms with Crippen LogP contribution in [0.1, 0.15) is 11.7 Å². The molecule has 23 heavy (non-hydrogen) atoms. The van der Waals surface area contributed by atoms with Gasteiger partial charge in [0, 0.05) is 11.6 Å². The van der Waals surface area contributed by atoms with E-state index in [2.05, 4.69) is 0 Å². The summed E-state index contributed by atoms with van der Waals surface area (Å²) in [6.07, 6.45) is -0.150. The minimum absolute atomic E-state index is 0.0340. The topological polar surface area (TPSA) is 38.8 Å². The van der Waals surface area contributed by atoms with Crippen molar-refractivity contribution in [3.8, 4) is 5.75 Å². The molecule has 2 aromatic rings. The fourth-order valence-electron chi connectivity index (χ4n) is 2.54. The number of morpholine rings is 1. The first-order valence-electron chi connectivity index (χ1n) is 7.55. The van der Waals surface area contributed by atoms with Crippen molar-refractivity contribution in [1.82, 2.24) is 4.90 Å². The average Bonchev–Trinajstić information content (AvgIpc) is 2.61. The number of nitrogens with zero attached hydrogens (tertiary/aromatic N) is 1. The van der Waals surface area contributed by atoms with Gasteiger partial charge in [-0.25, -0.2) is 0 Å². The second-order valence-electron chi connectivity index (χ2n) is 5.36. The number of ether oxygens (including phenoxy) is 2. The highest BCUT2D eigenvalue weighted by Crippen LogP contribution is 2.24. The van der Waals surface area contributed by atoms with Crippen LogP contribution in [-0.4, -0.2) is 37.1 Å². The first kappa shape index (κ1) is 15.8. The number of hydrogen-bond acceptors (Lipinski definition) is 3. The molecule has 1 atom stereocenters. The van der Waals surface area contributed by atoms with Gasteiger partial charge in [0.1, 0.15) is 11.9 Å². The normalized spacial score (nSPS) is 17.8. The summed E-state index contributed by atoms with van der Waals surface area (Å²) in [6, 6.07) is 16.9. The van der Waals surface area contributed by atoms with Gasteiger partial charge in [0.2, 0.25) is 0 Å². The summed E-state index contributed by atoms with van der Waals surface area (Å²) >= 11 is 6.02. The van der Waals surface area contributed by atoms with Gasteiger partial charge < -0.3 is 14.4 Å². The molecule has 0 bridgehead atoms. The molecule has 0 aromatic heterocycles. The predicted molar refractivity (Wildman–Crippen MR) is 88.7 cm³/mol. The molecule has 120 valence electrons. The standard InChI is InChI=1S/C18H18ClNO3/c19-15-6-4-5-14(11-15)17-12-20(9-10-22-17)18(21)13-23-16-7-2-1-3-8-16/h1-8,11,17H,9-10,12-13H2. The molecule has 4 nitrogen and oxygen atoms in total. The van der Waals surface area contributed by atoms with Crippen LogP contribution in [0.4, 0.5) is 0 Å². The third-order valence-electron chi connectivity index (χ3n) is 3.75. The molecule has 1 fully saturated rings. The van der Waals surface area contributed by atoms with E-state index in [1.54, 1.807) is 4.90 Å². The third kappa shape index (κ3) is 4.24. The Balaban J connectivity index is 1.58. The smallest absolute Gasteiger partial charge is 0.260 e. The highest BCUT2D eigenvalue weighted by atomic mass is 35.5. The molecular formula is C18H18ClNO3. The van der Waals surface area contributed by atoms with Crippen LogP contribution in [0.5, 0.6) is 5.75 Å². The van der Waals surface area contributed by atoms with Gasteiger partial charge in [-0.15, -0.1) is 0 Å². The number of carbonyl (C=O) groups is 1. The summed E-state index contributed by atoms with van der Waals surface area (Å²) < 4.78 is 11.3. The maximum absolute atomic E-state index is 12.3. The minimum atomic E-state index is -0.150. The number of benzene rings is 2. The molecule has 2 aromatic carbocycles. The van der Waals surface area contributed by atoms with E-state index >= 15 is 0 Å². The van der Waals surface area contributed by atoms with E-state index in [0.717, 1.165) is 5.56 Å². The van der Waals surface area contributed by atoms with Gasteiger partial charge in [-0.3, -0.25) is 4.79 Å². The molecule has 0 saturated carbocycles. The quantitative estimate of drug-likeness (QED) is 0.862. The van der Waals surface area contributed by atoms with Gasteiger partial charge >= 0.3 is 0 Å². The van der Waals surface area contributed by atoms with E-state index in [1.165, 1.54) is 0 Å². The van der Waals surface area contributed by atoms with E-state index in [1.807, 2.05) is 54.6 Å². The number of para-hydroxylation sites is 1. The van der Waals surface area contributed by atoms with Crippen molar-refractivity contribution in [2.45, 2.75) is 6.10 Å². The Morgan fingerprint density at radius 1 is 1.22 bits per heavy atom. The van der Waals surface area contributed by atoms with E-state index in [0.29, 0.717) is 30.5 Å². The molecule has 0 radical (unpaired) electrons. The second-order valence-corrected chi connectivity index (χ2v) is 5.79. The first-order chi connectivity index (χ1) is 11.2. The molecule has 1 heterocycles. The lowest BCUT2D eigenvalue weighted by atomic mass is 10.1. The molecule has 0 N–H and O–H groups in total. The highest BCUT2D eigenvalue weighted by Gasteiger charge is 2.25. The van der Waals surface area contributed by atoms with Crippen molar-refractivity contribution in [3.05, 3.63) is 65.2 Å². The fourth-order valence-corrected chi connectivity index (χ4v) is 2.74. The summed E-state index contributed by atoms with van der Waals surface area (Å²) in [4.78, 5) is 14.1. The summed E-state index contributed by atoms with van der Waals surface area (Å²) in [5.74, 6) is 0.657. The lowest BCUT2D eigenvalue weighted by Gasteiger charge is -2.33. The van der Waals surface area contributed by atoms with Crippen LogP contribution in [0.3, 0.4) is 0 Å². The monoisotopic (exact) mass is 331 g/mol. The SMILES string of the molecule is O=C(COc1ccccc1)N1CCOC(c2cccc(Cl)c2)C1. The van der Waals surface area contributed by atoms with Crippen LogP contribution in [0, 0.1) is 0 Å². The number of rotatable bonds is 4. The zero-order valence-corrected chi connectivity index (χ0v) is 13.4. The maximum Gasteiger partial charge on any atom is 0.260 e. The van der Waals surface area contributed by atoms with Crippen molar-refractivity contribution >= 4 is 17.5 Å². The van der Waals surface area contributed by atoms with Crippen LogP contribution in [0.2, 0.25) is 5.02 Å². The van der Waals surface area contributed by atoms with Gasteiger partial charge in [0.15, 0.2) is 6.61 Å². The van der Waals surface area contributed by atoms with Crippen molar-refractivity contribution in [1.29, 1.82) is 0 Å². The third-order valence-corrected chi connectivity index (χ3v) is 3.98. The second kappa shape index (κ2) is 7.49. The molecule has 0 aliphatic carbocycles. The Hall–Kier alpha value is -2.04. The number of halogens is 1. The molecule has 1 unspecified atom stereocenters. The molecule has 1 aliphatic rings. The molecular weight excluding hydrogens is 314 g/mol. The number of hydrogen-bond donors (Lipinski definition) is 0. The Kier molecular flexibility index (Phi) is 5.16. The maximum atomic E-state index is 12.3. The number of carbonyl (C=O) groups excluding carboxylic acids is 1. The van der Waals surface area contributed by atoms with Gasteiger partial charge in [-0.1, -0.05) is 41.9 Å². The molecule has 1 saturated heterocycles. The lowest BCUT2D eigenvalue weighted by Crippen LogP contribution is -2.44. The molecule has 3 rings (SSSR count). The van der Waals surface area contributed by atoms with Gasteiger partial charge in [0.05, 0.1) is 13.2 Å². The van der Waals surface area contributed by atoms with Gasteiger partial charge in [-0.05, 0) is 29.8 Å². The predicted octanol–water partition coefficient (Wildman–Crippen LogP) is 3.32. The van der Waals surface area contributed by atoms with Crippen LogP contribution in [0.25, 0.3) is 0 Å². The molecule has 5 heteroatoms. The Bertz CT molecular complexity index is 662. The molecule has 1 aliphatic heterocycles. The van der Waals surface area contributed by atoms with E-state index in [4.69, 9.17) is 21.1 Å². The van der Waals surface area contributed by atoms with E-state index in [9.17, 15) is 4.79 Å². The molecule has 0 spiro atoms. The largest absolute Gasteiger partial charge is 0.484 e. The molecule has 1 amide bonds. The highest BCUT2D eigenvalue weighted by molar-refractivity contribution is 6.30. The Morgan fingerprint density at radius 3 is 2.83 bits per heavy atom. The fraction of sp³-hybridized carbons (Fsp3) is 0.278. The van der Waals surface area contributed by atoms with Crippen LogP contribution >= 0.6 is 11.6 Å². The van der Waals surface area contributed by atoms with Crippen LogP contribution in [-0.2, 0) is 9.53 Å². The average molecular weight is 332 g/mol. The zero-order chi connectivity index (χ0) is 16.1. The van der Waals surface area contributed by atoms with Crippen molar-refractivity contribution in [2.75, 3.05) is 26.3 Å². The van der Waals surface area contributed by atoms with Crippen molar-refractivity contribution < 1.29 is 14.3 Å². The number of amides is 1. The summed E-state index contributed by atoms with van der Waals surface area (Å²) in [7, 11) is 0. The van der Waals surface area contributed by atoms with Crippen LogP contribution in [0.15, 0.2) is 54.6 Å². The summed E-state index contributed by atoms with van der Waals surface area (Å²) in [5.41, 5.74) is 0.985. The minimum Gasteiger partial charge on any atom is -0.484 e. The summed E-state index contributed by atoms with van der Waals surface area (Å²) in [6.45, 7) is 1.63. The van der Waals surface area contributed by atoms with E-state index < -0.39 is 0 Å². The van der Waals surface area contributed by atoms with Crippen molar-refractivity contribution in [2.24, 2.45) is 0 Å². The lowest BCUT2D eigenvalue weighted by molar-refractivity contribution is -0.141. The first-order valence-corrected chi connectivity index (χ1v) is 7.93. The summed E-state index contributed by atoms with van der Waals surface area (Å²) in [5, 5.41) is 0.668. The Labute approximate surface area is 140 Å². The van der Waals surface area contributed by atoms with Crippen LogP contribution < -0.4 is 4.74 Å². The van der Waals surface area contributed by atoms with Gasteiger partial charge in [-0.2, -0.15) is 0 Å². The Morgan fingerprint density at radius 2 is 2.04 bits per heavy atom. The van der Waals surface area contributed by atoms with E-state index in [-0.39, 0.29) is 18.6 Å². The van der Waals surface area contributed by atoms with Gasteiger partial charge in [0.25, 0.3) is 5.91 Å². The zero-order valence-electron chi connectivity index (χ0n) is 12.7. The van der Waals surface area contributed by atoms with Crippen molar-refractivity contribution in [3.63, 3.8) is 0 Å².